The molecule has 0 radical (unpaired) electrons. The average Bonchev–Trinajstić information content (AvgIpc) is 2.22. The molecule has 7 nitrogen and oxygen atoms in total. The van der Waals surface area contributed by atoms with E-state index in [4.69, 9.17) is 5.11 Å². The zero-order chi connectivity index (χ0) is 18.3. The van der Waals surface area contributed by atoms with Crippen LogP contribution in [0.5, 0.6) is 5.75 Å². The fraction of sp³-hybridized carbons (Fsp3) is 0.500. The summed E-state index contributed by atoms with van der Waals surface area (Å²) in [5.74, 6) is 0.128. The third kappa shape index (κ3) is 13.0. The number of urea groups is 1. The van der Waals surface area contributed by atoms with Crippen molar-refractivity contribution in [1.82, 2.24) is 10.6 Å². The van der Waals surface area contributed by atoms with Gasteiger partial charge in [0.2, 0.25) is 0 Å². The van der Waals surface area contributed by atoms with Gasteiger partial charge >= 0.3 is 12.1 Å². The number of hydrogen-bond donors (Lipinski definition) is 5. The third-order valence-corrected chi connectivity index (χ3v) is 2.07. The molecule has 1 aromatic carbocycles. The Morgan fingerprint density at radius 1 is 0.957 bits per heavy atom. The summed E-state index contributed by atoms with van der Waals surface area (Å²) in [6.45, 7) is 11.1. The molecule has 0 atom stereocenters. The predicted molar refractivity (Wildman–Crippen MR) is 90.9 cm³/mol. The van der Waals surface area contributed by atoms with Crippen LogP contribution >= 0.6 is 0 Å². The van der Waals surface area contributed by atoms with Gasteiger partial charge in [0, 0.05) is 22.8 Å². The lowest BCUT2D eigenvalue weighted by atomic mass is 10.1. The summed E-state index contributed by atoms with van der Waals surface area (Å²) in [6, 6.07) is 6.13. The molecule has 5 N–H and O–H groups in total. The van der Waals surface area contributed by atoms with E-state index in [9.17, 15) is 14.7 Å². The third-order valence-electron chi connectivity index (χ3n) is 2.07. The van der Waals surface area contributed by atoms with Crippen LogP contribution in [0.4, 0.5) is 15.3 Å². The highest BCUT2D eigenvalue weighted by molar-refractivity contribution is 5.89. The highest BCUT2D eigenvalue weighted by atomic mass is 16.4. The molecule has 0 saturated heterocycles. The first-order chi connectivity index (χ1) is 10.3. The van der Waals surface area contributed by atoms with E-state index in [1.807, 2.05) is 20.8 Å². The van der Waals surface area contributed by atoms with Crippen LogP contribution in [-0.2, 0) is 0 Å². The molecular weight excluding hydrogens is 298 g/mol. The quantitative estimate of drug-likeness (QED) is 0.545. The molecule has 0 aromatic heterocycles. The van der Waals surface area contributed by atoms with Gasteiger partial charge in [-0.15, -0.1) is 0 Å². The van der Waals surface area contributed by atoms with E-state index in [0.717, 1.165) is 0 Å². The van der Waals surface area contributed by atoms with Gasteiger partial charge in [-0.25, -0.2) is 9.59 Å². The van der Waals surface area contributed by atoms with Gasteiger partial charge in [-0.2, -0.15) is 0 Å². The second-order valence-electron chi connectivity index (χ2n) is 7.06. The number of nitrogens with one attached hydrogen (secondary N) is 3. The molecule has 1 rings (SSSR count). The van der Waals surface area contributed by atoms with Crippen molar-refractivity contribution < 1.29 is 19.8 Å². The summed E-state index contributed by atoms with van der Waals surface area (Å²) >= 11 is 0. The molecule has 1 aromatic rings. The zero-order valence-electron chi connectivity index (χ0n) is 14.5. The maximum Gasteiger partial charge on any atom is 0.405 e. The zero-order valence-corrected chi connectivity index (χ0v) is 14.5. The number of amides is 3. The van der Waals surface area contributed by atoms with Gasteiger partial charge in [-0.05, 0) is 53.7 Å². The largest absolute Gasteiger partial charge is 0.508 e. The summed E-state index contributed by atoms with van der Waals surface area (Å²) in [6.07, 6.45) is -0.975. The van der Waals surface area contributed by atoms with Crippen LogP contribution < -0.4 is 16.0 Å². The first-order valence-electron chi connectivity index (χ1n) is 7.18. The summed E-state index contributed by atoms with van der Waals surface area (Å²) in [5, 5.41) is 25.0. The van der Waals surface area contributed by atoms with Crippen molar-refractivity contribution in [2.45, 2.75) is 52.6 Å². The smallest absolute Gasteiger partial charge is 0.405 e. The topological polar surface area (TPSA) is 111 Å². The fourth-order valence-corrected chi connectivity index (χ4v) is 1.41. The van der Waals surface area contributed by atoms with E-state index < -0.39 is 6.09 Å². The minimum atomic E-state index is -0.975. The Morgan fingerprint density at radius 2 is 1.48 bits per heavy atom. The van der Waals surface area contributed by atoms with Crippen molar-refractivity contribution in [2.24, 2.45) is 0 Å². The lowest BCUT2D eigenvalue weighted by molar-refractivity contribution is 0.184. The summed E-state index contributed by atoms with van der Waals surface area (Å²) in [4.78, 5) is 21.3. The molecule has 0 aliphatic heterocycles. The molecule has 0 fully saturated rings. The first-order valence-corrected chi connectivity index (χ1v) is 7.18. The molecule has 3 amide bonds. The van der Waals surface area contributed by atoms with Crippen LogP contribution in [0.15, 0.2) is 24.3 Å². The Hall–Kier alpha value is -2.44. The van der Waals surface area contributed by atoms with Gasteiger partial charge in [0.15, 0.2) is 0 Å². The van der Waals surface area contributed by atoms with Crippen molar-refractivity contribution in [3.05, 3.63) is 24.3 Å². The minimum Gasteiger partial charge on any atom is -0.508 e. The highest BCUT2D eigenvalue weighted by Crippen LogP contribution is 2.15. The molecule has 0 heterocycles. The number of anilines is 1. The lowest BCUT2D eigenvalue weighted by Gasteiger charge is -2.20. The molecule has 0 aliphatic rings. The Labute approximate surface area is 137 Å². The number of hydrogen-bond acceptors (Lipinski definition) is 3. The molecule has 130 valence electrons. The number of carbonyl (C=O) groups excluding carboxylic acids is 1. The van der Waals surface area contributed by atoms with Gasteiger partial charge in [0.05, 0.1) is 0 Å². The van der Waals surface area contributed by atoms with Crippen LogP contribution in [-0.4, -0.2) is 33.4 Å². The minimum absolute atomic E-state index is 0.128. The standard InChI is InChI=1S/C11H16N2O2.C5H11NO2/c1-11(2,3)13-10(15)12-8-5-4-6-9(14)7-8;1-5(2,3)6-4(7)8/h4-7,14H,1-3H3,(H2,12,13,15);6H,1-3H3,(H,7,8). The number of benzene rings is 1. The fourth-order valence-electron chi connectivity index (χ4n) is 1.41. The van der Waals surface area contributed by atoms with Gasteiger partial charge in [-0.1, -0.05) is 6.07 Å². The van der Waals surface area contributed by atoms with Crippen LogP contribution in [0.2, 0.25) is 0 Å². The molecular formula is C16H27N3O4. The summed E-state index contributed by atoms with van der Waals surface area (Å²) < 4.78 is 0. The first kappa shape index (κ1) is 20.6. The average molecular weight is 325 g/mol. The molecule has 23 heavy (non-hydrogen) atoms. The van der Waals surface area contributed by atoms with E-state index in [0.29, 0.717) is 5.69 Å². The molecule has 0 aliphatic carbocycles. The summed E-state index contributed by atoms with van der Waals surface area (Å²) in [7, 11) is 0. The Morgan fingerprint density at radius 3 is 1.83 bits per heavy atom. The van der Waals surface area contributed by atoms with E-state index in [1.54, 1.807) is 39.0 Å². The van der Waals surface area contributed by atoms with Gasteiger partial charge in [0.25, 0.3) is 0 Å². The Balaban J connectivity index is 0.000000515. The van der Waals surface area contributed by atoms with Gasteiger partial charge in [0.1, 0.15) is 5.75 Å². The number of carbonyl (C=O) groups is 2. The number of rotatable bonds is 1. The SMILES string of the molecule is CC(C)(C)NC(=O)Nc1cccc(O)c1.CC(C)(C)NC(=O)O. The van der Waals surface area contributed by atoms with E-state index >= 15 is 0 Å². The normalized spacial score (nSPS) is 10.9. The van der Waals surface area contributed by atoms with Crippen molar-refractivity contribution >= 4 is 17.8 Å². The Bertz CT molecular complexity index is 531. The number of aromatic hydroxyl groups is 1. The van der Waals surface area contributed by atoms with Crippen molar-refractivity contribution in [1.29, 1.82) is 0 Å². The van der Waals surface area contributed by atoms with Crippen LogP contribution in [0.3, 0.4) is 0 Å². The monoisotopic (exact) mass is 325 g/mol. The van der Waals surface area contributed by atoms with Crippen molar-refractivity contribution in [3.63, 3.8) is 0 Å². The van der Waals surface area contributed by atoms with Gasteiger partial charge < -0.3 is 26.2 Å². The number of phenolic OH excluding ortho intramolecular Hbond substituents is 1. The molecule has 7 heteroatoms. The predicted octanol–water partition coefficient (Wildman–Crippen LogP) is 3.36. The van der Waals surface area contributed by atoms with Crippen molar-refractivity contribution in [2.75, 3.05) is 5.32 Å². The van der Waals surface area contributed by atoms with E-state index in [1.165, 1.54) is 6.07 Å². The maximum absolute atomic E-state index is 11.4. The number of carboxylic acid groups (broad SMARTS) is 1. The van der Waals surface area contributed by atoms with Crippen LogP contribution in [0.25, 0.3) is 0 Å². The molecule has 0 bridgehead atoms. The second kappa shape index (κ2) is 8.26. The van der Waals surface area contributed by atoms with E-state index in [2.05, 4.69) is 16.0 Å². The number of phenols is 1. The van der Waals surface area contributed by atoms with E-state index in [-0.39, 0.29) is 22.9 Å². The lowest BCUT2D eigenvalue weighted by Crippen LogP contribution is -2.43. The molecule has 0 saturated carbocycles. The maximum atomic E-state index is 11.4. The second-order valence-corrected chi connectivity index (χ2v) is 7.06. The van der Waals surface area contributed by atoms with Gasteiger partial charge in [-0.3, -0.25) is 0 Å². The van der Waals surface area contributed by atoms with Crippen molar-refractivity contribution in [3.8, 4) is 5.75 Å². The van der Waals surface area contributed by atoms with Crippen LogP contribution in [0, 0.1) is 0 Å². The Kier molecular flexibility index (Phi) is 7.38. The highest BCUT2D eigenvalue weighted by Gasteiger charge is 2.13. The molecule has 0 spiro atoms. The summed E-state index contributed by atoms with van der Waals surface area (Å²) in [5.41, 5.74) is -0.0380. The van der Waals surface area contributed by atoms with Crippen LogP contribution in [0.1, 0.15) is 41.5 Å². The molecule has 0 unspecified atom stereocenters.